The lowest BCUT2D eigenvalue weighted by atomic mass is 10.1. The van der Waals surface area contributed by atoms with Crippen molar-refractivity contribution in [3.8, 4) is 0 Å². The largest absolute Gasteiger partial charge is 0.294 e. The molecule has 1 aromatic carbocycles. The van der Waals surface area contributed by atoms with Gasteiger partial charge < -0.3 is 0 Å². The molecular formula is C12H11FN2O. The molecule has 0 saturated heterocycles. The smallest absolute Gasteiger partial charge is 0.170 e. The van der Waals surface area contributed by atoms with Crippen molar-refractivity contribution in [3.63, 3.8) is 0 Å². The van der Waals surface area contributed by atoms with Gasteiger partial charge in [-0.2, -0.15) is 5.10 Å². The summed E-state index contributed by atoms with van der Waals surface area (Å²) in [5, 5.41) is 3.93. The highest BCUT2D eigenvalue weighted by molar-refractivity contribution is 5.97. The van der Waals surface area contributed by atoms with E-state index in [1.807, 2.05) is 0 Å². The molecule has 4 heteroatoms. The average molecular weight is 218 g/mol. The van der Waals surface area contributed by atoms with E-state index in [2.05, 4.69) is 5.10 Å². The third kappa shape index (κ3) is 2.34. The molecule has 0 unspecified atom stereocenters. The number of ketones is 1. The van der Waals surface area contributed by atoms with E-state index in [-0.39, 0.29) is 18.0 Å². The Morgan fingerprint density at radius 2 is 2.06 bits per heavy atom. The molecular weight excluding hydrogens is 207 g/mol. The SMILES string of the molecule is Cn1cc(C(=O)Cc2ccc(F)cc2)cn1. The molecule has 0 spiro atoms. The van der Waals surface area contributed by atoms with Gasteiger partial charge in [0.1, 0.15) is 5.82 Å². The van der Waals surface area contributed by atoms with Crippen LogP contribution < -0.4 is 0 Å². The number of hydrogen-bond acceptors (Lipinski definition) is 2. The van der Waals surface area contributed by atoms with Crippen LogP contribution in [0.25, 0.3) is 0 Å². The van der Waals surface area contributed by atoms with Crippen LogP contribution in [0.3, 0.4) is 0 Å². The quantitative estimate of drug-likeness (QED) is 0.738. The first kappa shape index (κ1) is 10.5. The molecule has 0 radical (unpaired) electrons. The molecule has 0 atom stereocenters. The van der Waals surface area contributed by atoms with Crippen molar-refractivity contribution in [1.29, 1.82) is 0 Å². The summed E-state index contributed by atoms with van der Waals surface area (Å²) in [5.41, 5.74) is 1.38. The Bertz CT molecular complexity index is 502. The summed E-state index contributed by atoms with van der Waals surface area (Å²) in [6.07, 6.45) is 3.48. The second-order valence-corrected chi connectivity index (χ2v) is 3.63. The molecule has 0 aliphatic rings. The molecule has 2 aromatic rings. The van der Waals surface area contributed by atoms with Crippen LogP contribution in [0.2, 0.25) is 0 Å². The number of hydrogen-bond donors (Lipinski definition) is 0. The minimum absolute atomic E-state index is 0.0142. The second-order valence-electron chi connectivity index (χ2n) is 3.63. The summed E-state index contributed by atoms with van der Waals surface area (Å²) in [5.74, 6) is -0.308. The van der Waals surface area contributed by atoms with Gasteiger partial charge in [0.05, 0.1) is 11.8 Å². The van der Waals surface area contributed by atoms with Crippen molar-refractivity contribution in [1.82, 2.24) is 9.78 Å². The Balaban J connectivity index is 2.10. The molecule has 0 amide bonds. The minimum atomic E-state index is -0.294. The van der Waals surface area contributed by atoms with E-state index in [1.165, 1.54) is 18.3 Å². The van der Waals surface area contributed by atoms with Crippen molar-refractivity contribution in [2.45, 2.75) is 6.42 Å². The fourth-order valence-electron chi connectivity index (χ4n) is 1.45. The maximum atomic E-state index is 12.7. The van der Waals surface area contributed by atoms with Crippen LogP contribution in [-0.2, 0) is 13.5 Å². The number of benzene rings is 1. The fraction of sp³-hybridized carbons (Fsp3) is 0.167. The second kappa shape index (κ2) is 4.26. The van der Waals surface area contributed by atoms with E-state index in [4.69, 9.17) is 0 Å². The molecule has 0 aliphatic carbocycles. The predicted octanol–water partition coefficient (Wildman–Crippen LogP) is 1.98. The van der Waals surface area contributed by atoms with Gasteiger partial charge in [0.25, 0.3) is 0 Å². The van der Waals surface area contributed by atoms with E-state index >= 15 is 0 Å². The minimum Gasteiger partial charge on any atom is -0.294 e. The topological polar surface area (TPSA) is 34.9 Å². The van der Waals surface area contributed by atoms with E-state index in [0.29, 0.717) is 5.56 Å². The number of aryl methyl sites for hydroxylation is 1. The third-order valence-corrected chi connectivity index (χ3v) is 2.30. The number of rotatable bonds is 3. The van der Waals surface area contributed by atoms with E-state index in [0.717, 1.165) is 5.56 Å². The van der Waals surface area contributed by atoms with Gasteiger partial charge in [0, 0.05) is 19.7 Å². The zero-order valence-electron chi connectivity index (χ0n) is 8.85. The summed E-state index contributed by atoms with van der Waals surface area (Å²) in [6.45, 7) is 0. The maximum Gasteiger partial charge on any atom is 0.170 e. The van der Waals surface area contributed by atoms with Crippen molar-refractivity contribution < 1.29 is 9.18 Å². The van der Waals surface area contributed by atoms with Crippen LogP contribution in [-0.4, -0.2) is 15.6 Å². The highest BCUT2D eigenvalue weighted by atomic mass is 19.1. The van der Waals surface area contributed by atoms with Crippen molar-refractivity contribution in [2.24, 2.45) is 7.05 Å². The first-order chi connectivity index (χ1) is 7.65. The molecule has 0 fully saturated rings. The number of halogens is 1. The molecule has 0 aliphatic heterocycles. The third-order valence-electron chi connectivity index (χ3n) is 2.30. The average Bonchev–Trinajstić information content (AvgIpc) is 2.68. The lowest BCUT2D eigenvalue weighted by Crippen LogP contribution is -2.02. The van der Waals surface area contributed by atoms with Crippen molar-refractivity contribution >= 4 is 5.78 Å². The molecule has 3 nitrogen and oxygen atoms in total. The lowest BCUT2D eigenvalue weighted by molar-refractivity contribution is 0.0993. The van der Waals surface area contributed by atoms with Gasteiger partial charge in [-0.05, 0) is 17.7 Å². The van der Waals surface area contributed by atoms with Crippen molar-refractivity contribution in [2.75, 3.05) is 0 Å². The Morgan fingerprint density at radius 3 is 2.62 bits per heavy atom. The number of carbonyl (C=O) groups excluding carboxylic acids is 1. The monoisotopic (exact) mass is 218 g/mol. The summed E-state index contributed by atoms with van der Waals surface area (Å²) < 4.78 is 14.2. The molecule has 82 valence electrons. The zero-order valence-corrected chi connectivity index (χ0v) is 8.85. The van der Waals surface area contributed by atoms with E-state index in [9.17, 15) is 9.18 Å². The highest BCUT2D eigenvalue weighted by Crippen LogP contribution is 2.08. The normalized spacial score (nSPS) is 10.4. The van der Waals surface area contributed by atoms with Gasteiger partial charge in [-0.1, -0.05) is 12.1 Å². The lowest BCUT2D eigenvalue weighted by Gasteiger charge is -1.98. The van der Waals surface area contributed by atoms with Crippen LogP contribution in [0.5, 0.6) is 0 Å². The highest BCUT2D eigenvalue weighted by Gasteiger charge is 2.08. The number of nitrogens with zero attached hydrogens (tertiary/aromatic N) is 2. The Morgan fingerprint density at radius 1 is 1.38 bits per heavy atom. The van der Waals surface area contributed by atoms with Crippen LogP contribution >= 0.6 is 0 Å². The number of carbonyl (C=O) groups is 1. The maximum absolute atomic E-state index is 12.7. The van der Waals surface area contributed by atoms with Gasteiger partial charge in [-0.25, -0.2) is 4.39 Å². The van der Waals surface area contributed by atoms with Crippen molar-refractivity contribution in [3.05, 3.63) is 53.6 Å². The Hall–Kier alpha value is -1.97. The van der Waals surface area contributed by atoms with Gasteiger partial charge in [0.15, 0.2) is 5.78 Å². The summed E-state index contributed by atoms with van der Waals surface area (Å²) in [7, 11) is 1.76. The number of aromatic nitrogens is 2. The molecule has 0 bridgehead atoms. The molecule has 2 rings (SSSR count). The van der Waals surface area contributed by atoms with Gasteiger partial charge >= 0.3 is 0 Å². The predicted molar refractivity (Wildman–Crippen MR) is 57.6 cm³/mol. The first-order valence-electron chi connectivity index (χ1n) is 4.91. The zero-order chi connectivity index (χ0) is 11.5. The van der Waals surface area contributed by atoms with Crippen LogP contribution in [0.1, 0.15) is 15.9 Å². The van der Waals surface area contributed by atoms with Crippen LogP contribution in [0, 0.1) is 5.82 Å². The first-order valence-corrected chi connectivity index (χ1v) is 4.91. The number of Topliss-reactive ketones (excluding diaryl/α,β-unsaturated/α-hetero) is 1. The summed E-state index contributed by atoms with van der Waals surface area (Å²) >= 11 is 0. The van der Waals surface area contributed by atoms with E-state index < -0.39 is 0 Å². The molecule has 0 saturated carbocycles. The fourth-order valence-corrected chi connectivity index (χ4v) is 1.45. The summed E-state index contributed by atoms with van der Waals surface area (Å²) in [4.78, 5) is 11.8. The standard InChI is InChI=1S/C12H11FN2O/c1-15-8-10(7-14-15)12(16)6-9-2-4-11(13)5-3-9/h2-5,7-8H,6H2,1H3. The molecule has 1 aromatic heterocycles. The molecule has 0 N–H and O–H groups in total. The van der Waals surface area contributed by atoms with E-state index in [1.54, 1.807) is 30.1 Å². The Labute approximate surface area is 92.5 Å². The Kier molecular flexibility index (Phi) is 2.81. The van der Waals surface area contributed by atoms with Gasteiger partial charge in [-0.3, -0.25) is 9.48 Å². The summed E-state index contributed by atoms with van der Waals surface area (Å²) in [6, 6.07) is 5.94. The van der Waals surface area contributed by atoms with Crippen LogP contribution in [0.15, 0.2) is 36.7 Å². The van der Waals surface area contributed by atoms with Gasteiger partial charge in [0.2, 0.25) is 0 Å². The molecule has 16 heavy (non-hydrogen) atoms. The van der Waals surface area contributed by atoms with Gasteiger partial charge in [-0.15, -0.1) is 0 Å². The molecule has 1 heterocycles. The van der Waals surface area contributed by atoms with Crippen LogP contribution in [0.4, 0.5) is 4.39 Å².